The Morgan fingerprint density at radius 2 is 2.33 bits per heavy atom. The van der Waals surface area contributed by atoms with E-state index in [9.17, 15) is 0 Å². The van der Waals surface area contributed by atoms with Gasteiger partial charge in [-0.25, -0.2) is 0 Å². The van der Waals surface area contributed by atoms with Gasteiger partial charge in [0.1, 0.15) is 0 Å². The van der Waals surface area contributed by atoms with Gasteiger partial charge in [-0.1, -0.05) is 6.92 Å². The van der Waals surface area contributed by atoms with Gasteiger partial charge in [-0.3, -0.25) is 4.90 Å². The molecular formula is C11H20N2O2. The van der Waals surface area contributed by atoms with Crippen molar-refractivity contribution in [3.05, 3.63) is 0 Å². The highest BCUT2D eigenvalue weighted by molar-refractivity contribution is 4.86. The van der Waals surface area contributed by atoms with Crippen molar-refractivity contribution in [2.45, 2.75) is 44.9 Å². The fourth-order valence-corrected chi connectivity index (χ4v) is 2.12. The SMILES string of the molecule is CCC(CC#N)N1CC(C)OC(CO)C1. The maximum absolute atomic E-state index is 9.09. The molecule has 1 saturated heterocycles. The Morgan fingerprint density at radius 1 is 1.60 bits per heavy atom. The van der Waals surface area contributed by atoms with Crippen molar-refractivity contribution in [3.8, 4) is 6.07 Å². The summed E-state index contributed by atoms with van der Waals surface area (Å²) in [4.78, 5) is 2.26. The zero-order valence-corrected chi connectivity index (χ0v) is 9.52. The largest absolute Gasteiger partial charge is 0.394 e. The Balaban J connectivity index is 2.55. The summed E-state index contributed by atoms with van der Waals surface area (Å²) in [5.41, 5.74) is 0. The minimum absolute atomic E-state index is 0.0594. The smallest absolute Gasteiger partial charge is 0.0936 e. The summed E-state index contributed by atoms with van der Waals surface area (Å²) in [7, 11) is 0. The first-order chi connectivity index (χ1) is 7.21. The van der Waals surface area contributed by atoms with Crippen molar-refractivity contribution >= 4 is 0 Å². The summed E-state index contributed by atoms with van der Waals surface area (Å²) in [5, 5.41) is 17.8. The summed E-state index contributed by atoms with van der Waals surface area (Å²) >= 11 is 0. The fourth-order valence-electron chi connectivity index (χ4n) is 2.12. The molecule has 3 unspecified atom stereocenters. The molecule has 0 aromatic rings. The Morgan fingerprint density at radius 3 is 2.87 bits per heavy atom. The molecule has 4 heteroatoms. The van der Waals surface area contributed by atoms with Crippen LogP contribution in [0.1, 0.15) is 26.7 Å². The molecule has 86 valence electrons. The van der Waals surface area contributed by atoms with Crippen LogP contribution in [0.5, 0.6) is 0 Å². The van der Waals surface area contributed by atoms with Crippen LogP contribution < -0.4 is 0 Å². The zero-order valence-electron chi connectivity index (χ0n) is 9.52. The van der Waals surface area contributed by atoms with E-state index >= 15 is 0 Å². The third-order valence-electron chi connectivity index (χ3n) is 2.87. The Bertz CT molecular complexity index is 227. The predicted molar refractivity (Wildman–Crippen MR) is 57.3 cm³/mol. The highest BCUT2D eigenvalue weighted by Gasteiger charge is 2.28. The van der Waals surface area contributed by atoms with Crippen LogP contribution in [-0.4, -0.2) is 48.0 Å². The molecular weight excluding hydrogens is 192 g/mol. The van der Waals surface area contributed by atoms with Gasteiger partial charge in [-0.15, -0.1) is 0 Å². The van der Waals surface area contributed by atoms with E-state index in [1.54, 1.807) is 0 Å². The number of morpholine rings is 1. The molecule has 1 aliphatic rings. The van der Waals surface area contributed by atoms with E-state index in [1.807, 2.05) is 6.92 Å². The van der Waals surface area contributed by atoms with Crippen LogP contribution in [0.3, 0.4) is 0 Å². The minimum Gasteiger partial charge on any atom is -0.394 e. The number of hydrogen-bond donors (Lipinski definition) is 1. The highest BCUT2D eigenvalue weighted by atomic mass is 16.5. The van der Waals surface area contributed by atoms with Crippen molar-refractivity contribution in [3.63, 3.8) is 0 Å². The Hall–Kier alpha value is -0.630. The van der Waals surface area contributed by atoms with Gasteiger partial charge >= 0.3 is 0 Å². The maximum Gasteiger partial charge on any atom is 0.0936 e. The molecule has 1 aliphatic heterocycles. The van der Waals surface area contributed by atoms with Crippen LogP contribution in [0.25, 0.3) is 0 Å². The number of ether oxygens (including phenoxy) is 1. The summed E-state index contributed by atoms with van der Waals surface area (Å²) in [6.45, 7) is 5.76. The molecule has 0 radical (unpaired) electrons. The second-order valence-corrected chi connectivity index (χ2v) is 4.13. The lowest BCUT2D eigenvalue weighted by atomic mass is 10.1. The van der Waals surface area contributed by atoms with E-state index in [-0.39, 0.29) is 18.8 Å². The van der Waals surface area contributed by atoms with Gasteiger partial charge in [-0.2, -0.15) is 5.26 Å². The molecule has 1 fully saturated rings. The molecule has 3 atom stereocenters. The molecule has 0 saturated carbocycles. The average Bonchev–Trinajstić information content (AvgIpc) is 2.24. The average molecular weight is 212 g/mol. The summed E-state index contributed by atoms with van der Waals surface area (Å²) < 4.78 is 5.56. The lowest BCUT2D eigenvalue weighted by Gasteiger charge is -2.39. The van der Waals surface area contributed by atoms with E-state index < -0.39 is 0 Å². The third-order valence-corrected chi connectivity index (χ3v) is 2.87. The summed E-state index contributed by atoms with van der Waals surface area (Å²) in [6.07, 6.45) is 1.57. The summed E-state index contributed by atoms with van der Waals surface area (Å²) in [5.74, 6) is 0. The molecule has 1 N–H and O–H groups in total. The van der Waals surface area contributed by atoms with Crippen LogP contribution in [0.15, 0.2) is 0 Å². The van der Waals surface area contributed by atoms with Crippen molar-refractivity contribution in [1.29, 1.82) is 5.26 Å². The van der Waals surface area contributed by atoms with Crippen molar-refractivity contribution in [2.24, 2.45) is 0 Å². The van der Waals surface area contributed by atoms with Gasteiger partial charge < -0.3 is 9.84 Å². The van der Waals surface area contributed by atoms with E-state index in [1.165, 1.54) is 0 Å². The monoisotopic (exact) mass is 212 g/mol. The van der Waals surface area contributed by atoms with Crippen LogP contribution in [0.2, 0.25) is 0 Å². The molecule has 15 heavy (non-hydrogen) atoms. The molecule has 0 aliphatic carbocycles. The van der Waals surface area contributed by atoms with Gasteiger partial charge in [0.15, 0.2) is 0 Å². The maximum atomic E-state index is 9.09. The Labute approximate surface area is 91.4 Å². The van der Waals surface area contributed by atoms with E-state index in [0.717, 1.165) is 19.5 Å². The van der Waals surface area contributed by atoms with Crippen molar-refractivity contribution in [2.75, 3.05) is 19.7 Å². The second-order valence-electron chi connectivity index (χ2n) is 4.13. The first kappa shape index (κ1) is 12.4. The van der Waals surface area contributed by atoms with Gasteiger partial charge in [0.2, 0.25) is 0 Å². The normalized spacial score (nSPS) is 29.7. The van der Waals surface area contributed by atoms with Crippen LogP contribution in [-0.2, 0) is 4.74 Å². The molecule has 1 rings (SSSR count). The quantitative estimate of drug-likeness (QED) is 0.747. The molecule has 4 nitrogen and oxygen atoms in total. The van der Waals surface area contributed by atoms with Crippen molar-refractivity contribution < 1.29 is 9.84 Å². The number of aliphatic hydroxyl groups is 1. The predicted octanol–water partition coefficient (Wildman–Crippen LogP) is 0.760. The second kappa shape index (κ2) is 6.06. The standard InChI is InChI=1S/C11H20N2O2/c1-3-10(4-5-12)13-6-9(2)15-11(7-13)8-14/h9-11,14H,3-4,6-8H2,1-2H3. The molecule has 0 aromatic heterocycles. The van der Waals surface area contributed by atoms with E-state index in [0.29, 0.717) is 12.5 Å². The lowest BCUT2D eigenvalue weighted by Crippen LogP contribution is -2.51. The van der Waals surface area contributed by atoms with Gasteiger partial charge in [0, 0.05) is 19.1 Å². The number of nitriles is 1. The first-order valence-corrected chi connectivity index (χ1v) is 5.58. The minimum atomic E-state index is -0.0958. The molecule has 0 spiro atoms. The molecule has 0 amide bonds. The highest BCUT2D eigenvalue weighted by Crippen LogP contribution is 2.17. The van der Waals surface area contributed by atoms with E-state index in [4.69, 9.17) is 15.1 Å². The van der Waals surface area contributed by atoms with Crippen LogP contribution >= 0.6 is 0 Å². The number of hydrogen-bond acceptors (Lipinski definition) is 4. The number of rotatable bonds is 4. The van der Waals surface area contributed by atoms with Crippen molar-refractivity contribution in [1.82, 2.24) is 4.90 Å². The number of nitrogens with zero attached hydrogens (tertiary/aromatic N) is 2. The number of aliphatic hydroxyl groups excluding tert-OH is 1. The first-order valence-electron chi connectivity index (χ1n) is 5.58. The zero-order chi connectivity index (χ0) is 11.3. The molecule has 0 aromatic carbocycles. The van der Waals surface area contributed by atoms with E-state index in [2.05, 4.69) is 17.9 Å². The molecule has 0 bridgehead atoms. The summed E-state index contributed by atoms with van der Waals surface area (Å²) in [6, 6.07) is 2.52. The Kier molecular flexibility index (Phi) is 5.03. The van der Waals surface area contributed by atoms with Gasteiger partial charge in [0.25, 0.3) is 0 Å². The lowest BCUT2D eigenvalue weighted by molar-refractivity contribution is -0.105. The van der Waals surface area contributed by atoms with Gasteiger partial charge in [-0.05, 0) is 13.3 Å². The fraction of sp³-hybridized carbons (Fsp3) is 0.909. The molecule has 1 heterocycles. The topological polar surface area (TPSA) is 56.5 Å². The van der Waals surface area contributed by atoms with Gasteiger partial charge in [0.05, 0.1) is 31.3 Å². The van der Waals surface area contributed by atoms with Crippen LogP contribution in [0.4, 0.5) is 0 Å². The third kappa shape index (κ3) is 3.45. The van der Waals surface area contributed by atoms with Crippen LogP contribution in [0, 0.1) is 11.3 Å².